The first-order valence-corrected chi connectivity index (χ1v) is 8.20. The second-order valence-corrected chi connectivity index (χ2v) is 10.9. The summed E-state index contributed by atoms with van der Waals surface area (Å²) in [5, 5.41) is 9.52. The van der Waals surface area contributed by atoms with E-state index >= 15 is 0 Å². The molecule has 15 heavy (non-hydrogen) atoms. The Morgan fingerprint density at radius 1 is 1.20 bits per heavy atom. The van der Waals surface area contributed by atoms with Crippen LogP contribution in [0.4, 0.5) is 0 Å². The molecule has 0 spiro atoms. The molecule has 0 aromatic heterocycles. The number of hydrogen-bond acceptors (Lipinski definition) is 3. The molecule has 0 heterocycles. The Labute approximate surface area is 94.0 Å². The Morgan fingerprint density at radius 3 is 1.87 bits per heavy atom. The van der Waals surface area contributed by atoms with Crippen molar-refractivity contribution in [2.45, 2.75) is 64.8 Å². The summed E-state index contributed by atoms with van der Waals surface area (Å²) in [7, 11) is -2.03. The fourth-order valence-corrected chi connectivity index (χ4v) is 1.77. The van der Waals surface area contributed by atoms with Crippen molar-refractivity contribution >= 4 is 14.3 Å². The van der Waals surface area contributed by atoms with Gasteiger partial charge in [0.05, 0.1) is 12.0 Å². The third kappa shape index (κ3) is 5.32. The van der Waals surface area contributed by atoms with Crippen LogP contribution >= 0.6 is 0 Å². The van der Waals surface area contributed by atoms with Crippen LogP contribution in [-0.4, -0.2) is 25.0 Å². The van der Waals surface area contributed by atoms with Gasteiger partial charge in [-0.1, -0.05) is 20.8 Å². The molecule has 4 heteroatoms. The van der Waals surface area contributed by atoms with Gasteiger partial charge >= 0.3 is 0 Å². The molecule has 0 fully saturated rings. The van der Waals surface area contributed by atoms with Gasteiger partial charge < -0.3 is 9.53 Å². The molecule has 0 amide bonds. The minimum atomic E-state index is -2.03. The summed E-state index contributed by atoms with van der Waals surface area (Å²) in [5.41, 5.74) is -0.987. The van der Waals surface area contributed by atoms with E-state index in [0.29, 0.717) is 0 Å². The first-order valence-electron chi connectivity index (χ1n) is 5.29. The maximum Gasteiger partial charge on any atom is 0.295 e. The lowest BCUT2D eigenvalue weighted by Gasteiger charge is -2.36. The number of carbonyl (C=O) groups is 1. The van der Waals surface area contributed by atoms with E-state index in [-0.39, 0.29) is 17.4 Å². The Bertz CT molecular complexity index is 233. The van der Waals surface area contributed by atoms with Crippen molar-refractivity contribution in [2.75, 3.05) is 0 Å². The zero-order chi connectivity index (χ0) is 12.5. The van der Waals surface area contributed by atoms with Crippen molar-refractivity contribution < 1.29 is 14.3 Å². The molecule has 0 aromatic rings. The predicted octanol–water partition coefficient (Wildman–Crippen LogP) is 2.70. The van der Waals surface area contributed by atoms with Gasteiger partial charge in [-0.05, 0) is 32.0 Å². The molecule has 0 rings (SSSR count). The van der Waals surface area contributed by atoms with E-state index in [0.717, 1.165) is 0 Å². The van der Waals surface area contributed by atoms with Gasteiger partial charge in [0.25, 0.3) is 14.3 Å². The lowest BCUT2D eigenvalue weighted by atomic mass is 10.1. The third-order valence-electron chi connectivity index (χ3n) is 2.75. The van der Waals surface area contributed by atoms with Crippen LogP contribution in [0.5, 0.6) is 0 Å². The van der Waals surface area contributed by atoms with E-state index in [1.807, 2.05) is 13.1 Å². The van der Waals surface area contributed by atoms with E-state index in [9.17, 15) is 9.90 Å². The van der Waals surface area contributed by atoms with Gasteiger partial charge in [-0.15, -0.1) is 0 Å². The molecule has 0 unspecified atom stereocenters. The Morgan fingerprint density at radius 2 is 1.60 bits per heavy atom. The second kappa shape index (κ2) is 4.26. The van der Waals surface area contributed by atoms with E-state index < -0.39 is 13.9 Å². The van der Waals surface area contributed by atoms with Crippen molar-refractivity contribution in [1.29, 1.82) is 0 Å². The normalized spacial score (nSPS) is 13.9. The maximum absolute atomic E-state index is 11.6. The first kappa shape index (κ1) is 14.6. The largest absolute Gasteiger partial charge is 0.519 e. The average molecular weight is 232 g/mol. The van der Waals surface area contributed by atoms with E-state index in [4.69, 9.17) is 4.43 Å². The predicted molar refractivity (Wildman–Crippen MR) is 64.2 cm³/mol. The lowest BCUT2D eigenvalue weighted by molar-refractivity contribution is -0.139. The molecule has 90 valence electrons. The highest BCUT2D eigenvalue weighted by Crippen LogP contribution is 2.36. The summed E-state index contributed by atoms with van der Waals surface area (Å²) >= 11 is 0. The molecule has 0 atom stereocenters. The van der Waals surface area contributed by atoms with Crippen LogP contribution in [0, 0.1) is 0 Å². The molecule has 1 N–H and O–H groups in total. The van der Waals surface area contributed by atoms with Crippen LogP contribution in [0.25, 0.3) is 0 Å². The highest BCUT2D eigenvalue weighted by atomic mass is 28.4. The minimum absolute atomic E-state index is 0.0161. The van der Waals surface area contributed by atoms with Crippen LogP contribution in [-0.2, 0) is 9.22 Å². The van der Waals surface area contributed by atoms with Crippen LogP contribution in [0.15, 0.2) is 0 Å². The zero-order valence-corrected chi connectivity index (χ0v) is 12.0. The van der Waals surface area contributed by atoms with Gasteiger partial charge in [-0.2, -0.15) is 0 Å². The molecule has 3 nitrogen and oxygen atoms in total. The van der Waals surface area contributed by atoms with Crippen LogP contribution in [0.3, 0.4) is 0 Å². The summed E-state index contributed by atoms with van der Waals surface area (Å²) in [5.74, 6) is -0.297. The summed E-state index contributed by atoms with van der Waals surface area (Å²) in [6, 6.07) is 0. The van der Waals surface area contributed by atoms with Crippen LogP contribution < -0.4 is 0 Å². The first-order chi connectivity index (χ1) is 6.35. The third-order valence-corrected chi connectivity index (χ3v) is 7.10. The van der Waals surface area contributed by atoms with Gasteiger partial charge in [-0.3, -0.25) is 4.79 Å². The Balaban J connectivity index is 4.43. The molecule has 0 aliphatic rings. The number of rotatable bonds is 3. The monoisotopic (exact) mass is 232 g/mol. The standard InChI is InChI=1S/C11H24O3Si/c1-10(2,3)15(6,7)14-9(12)8-11(4,5)13/h13H,8H2,1-7H3. The molecule has 0 saturated carbocycles. The summed E-state index contributed by atoms with van der Waals surface area (Å²) in [6.45, 7) is 13.5. The average Bonchev–Trinajstić information content (AvgIpc) is 1.75. The maximum atomic E-state index is 11.6. The van der Waals surface area contributed by atoms with E-state index in [1.165, 1.54) is 0 Å². The molecule has 0 radical (unpaired) electrons. The van der Waals surface area contributed by atoms with Crippen molar-refractivity contribution in [3.05, 3.63) is 0 Å². The van der Waals surface area contributed by atoms with Crippen molar-refractivity contribution in [2.24, 2.45) is 0 Å². The molecular formula is C11H24O3Si. The molecule has 0 aliphatic heterocycles. The number of carbonyl (C=O) groups excluding carboxylic acids is 1. The quantitative estimate of drug-likeness (QED) is 0.761. The van der Waals surface area contributed by atoms with Gasteiger partial charge in [0, 0.05) is 0 Å². The van der Waals surface area contributed by atoms with Crippen molar-refractivity contribution in [1.82, 2.24) is 0 Å². The molecule has 0 aromatic carbocycles. The number of aliphatic hydroxyl groups is 1. The van der Waals surface area contributed by atoms with Crippen LogP contribution in [0.2, 0.25) is 18.1 Å². The van der Waals surface area contributed by atoms with Crippen molar-refractivity contribution in [3.63, 3.8) is 0 Å². The topological polar surface area (TPSA) is 46.5 Å². The smallest absolute Gasteiger partial charge is 0.295 e. The summed E-state index contributed by atoms with van der Waals surface area (Å²) in [6.07, 6.45) is 0.0551. The molecule has 0 saturated heterocycles. The minimum Gasteiger partial charge on any atom is -0.519 e. The van der Waals surface area contributed by atoms with E-state index in [2.05, 4.69) is 20.8 Å². The SMILES string of the molecule is CC(C)(O)CC(=O)O[Si](C)(C)C(C)(C)C. The van der Waals surface area contributed by atoms with Crippen molar-refractivity contribution in [3.8, 4) is 0 Å². The Hall–Kier alpha value is -0.353. The molecule has 0 aliphatic carbocycles. The Kier molecular flexibility index (Phi) is 4.16. The number of hydrogen-bond donors (Lipinski definition) is 1. The summed E-state index contributed by atoms with van der Waals surface area (Å²) < 4.78 is 5.52. The van der Waals surface area contributed by atoms with Gasteiger partial charge in [0.15, 0.2) is 0 Å². The molecule has 0 bridgehead atoms. The van der Waals surface area contributed by atoms with E-state index in [1.54, 1.807) is 13.8 Å². The zero-order valence-electron chi connectivity index (χ0n) is 11.0. The fourth-order valence-electron chi connectivity index (χ4n) is 0.827. The fraction of sp³-hybridized carbons (Fsp3) is 0.909. The van der Waals surface area contributed by atoms with Gasteiger partial charge in [-0.25, -0.2) is 0 Å². The van der Waals surface area contributed by atoms with Gasteiger partial charge in [0.2, 0.25) is 0 Å². The molecular weight excluding hydrogens is 208 g/mol. The highest BCUT2D eigenvalue weighted by Gasteiger charge is 2.40. The second-order valence-electron chi connectivity index (χ2n) is 6.22. The summed E-state index contributed by atoms with van der Waals surface area (Å²) in [4.78, 5) is 11.6. The highest BCUT2D eigenvalue weighted by molar-refractivity contribution is 6.75. The van der Waals surface area contributed by atoms with Gasteiger partial charge in [0.1, 0.15) is 0 Å². The van der Waals surface area contributed by atoms with Crippen LogP contribution in [0.1, 0.15) is 41.0 Å². The lowest BCUT2D eigenvalue weighted by Crippen LogP contribution is -2.43.